The normalized spacial score (nSPS) is 10.3. The lowest BCUT2D eigenvalue weighted by atomic mass is 10.1. The van der Waals surface area contributed by atoms with Crippen LogP contribution < -0.4 is 4.90 Å². The first-order valence-electron chi connectivity index (χ1n) is 6.06. The highest BCUT2D eigenvalue weighted by Crippen LogP contribution is 2.22. The number of rotatable bonds is 5. The Labute approximate surface area is 112 Å². The Balaban J connectivity index is 2.24. The molecule has 0 atom stereocenters. The fourth-order valence-electron chi connectivity index (χ4n) is 1.97. The van der Waals surface area contributed by atoms with E-state index in [9.17, 15) is 4.79 Å². The number of ketones is 1. The molecule has 0 aliphatic carbocycles. The third kappa shape index (κ3) is 2.79. The number of para-hydroxylation sites is 1. The van der Waals surface area contributed by atoms with Crippen molar-refractivity contribution >= 4 is 22.8 Å². The van der Waals surface area contributed by atoms with Gasteiger partial charge >= 0.3 is 0 Å². The summed E-state index contributed by atoms with van der Waals surface area (Å²) in [5, 5.41) is 4.22. The molecule has 0 radical (unpaired) electrons. The van der Waals surface area contributed by atoms with Crippen LogP contribution in [-0.4, -0.2) is 12.8 Å². The summed E-state index contributed by atoms with van der Waals surface area (Å²) in [6.07, 6.45) is 0.545. The molecule has 94 valence electrons. The molecule has 0 saturated carbocycles. The number of anilines is 1. The number of hydrogen-bond acceptors (Lipinski definition) is 3. The van der Waals surface area contributed by atoms with Crippen molar-refractivity contribution in [1.29, 1.82) is 0 Å². The quantitative estimate of drug-likeness (QED) is 0.757. The van der Waals surface area contributed by atoms with Gasteiger partial charge in [0.25, 0.3) is 0 Å². The molecule has 0 amide bonds. The fourth-order valence-corrected chi connectivity index (χ4v) is 2.63. The lowest BCUT2D eigenvalue weighted by molar-refractivity contribution is 0.0988. The minimum Gasteiger partial charge on any atom is -0.370 e. The summed E-state index contributed by atoms with van der Waals surface area (Å²) in [6.45, 7) is 2.73. The summed E-state index contributed by atoms with van der Waals surface area (Å²) >= 11 is 1.70. The van der Waals surface area contributed by atoms with E-state index in [1.54, 1.807) is 11.3 Å². The molecule has 0 unspecified atom stereocenters. The van der Waals surface area contributed by atoms with Gasteiger partial charge in [0.15, 0.2) is 5.78 Å². The molecule has 1 aromatic heterocycles. The van der Waals surface area contributed by atoms with Crippen LogP contribution in [0, 0.1) is 0 Å². The van der Waals surface area contributed by atoms with Crippen LogP contribution in [0.3, 0.4) is 0 Å². The monoisotopic (exact) mass is 259 g/mol. The van der Waals surface area contributed by atoms with Crippen LogP contribution >= 0.6 is 11.3 Å². The van der Waals surface area contributed by atoms with Crippen LogP contribution in [0.2, 0.25) is 0 Å². The summed E-state index contributed by atoms with van der Waals surface area (Å²) in [5.41, 5.74) is 3.11. The van der Waals surface area contributed by atoms with E-state index in [1.165, 1.54) is 5.56 Å². The molecule has 0 aliphatic rings. The molecule has 0 N–H and O–H groups in total. The average molecular weight is 259 g/mol. The number of carbonyl (C=O) groups excluding carboxylic acids is 1. The zero-order valence-corrected chi connectivity index (χ0v) is 11.5. The predicted octanol–water partition coefficient (Wildman–Crippen LogP) is 3.98. The number of Topliss-reactive ketones (excluding diaryl/α,β-unsaturated/α-hetero) is 1. The average Bonchev–Trinajstić information content (AvgIpc) is 2.90. The van der Waals surface area contributed by atoms with E-state index in [0.717, 1.165) is 17.8 Å². The fraction of sp³-hybridized carbons (Fsp3) is 0.267. The van der Waals surface area contributed by atoms with Crippen molar-refractivity contribution in [2.75, 3.05) is 11.9 Å². The van der Waals surface area contributed by atoms with Crippen LogP contribution in [0.25, 0.3) is 0 Å². The number of carbonyl (C=O) groups is 1. The molecule has 2 nitrogen and oxygen atoms in total. The van der Waals surface area contributed by atoms with Crippen molar-refractivity contribution in [3.05, 3.63) is 52.2 Å². The second-order valence-electron chi connectivity index (χ2n) is 4.28. The van der Waals surface area contributed by atoms with E-state index in [1.807, 2.05) is 38.2 Å². The Morgan fingerprint density at radius 1 is 1.28 bits per heavy atom. The number of hydrogen-bond donors (Lipinski definition) is 0. The van der Waals surface area contributed by atoms with Gasteiger partial charge in [0, 0.05) is 31.3 Å². The number of benzene rings is 1. The van der Waals surface area contributed by atoms with Crippen LogP contribution in [0.5, 0.6) is 0 Å². The van der Waals surface area contributed by atoms with Crippen molar-refractivity contribution in [1.82, 2.24) is 0 Å². The maximum Gasteiger partial charge on any atom is 0.164 e. The first-order chi connectivity index (χ1) is 8.72. The lowest BCUT2D eigenvalue weighted by Crippen LogP contribution is -2.18. The Kier molecular flexibility index (Phi) is 4.15. The van der Waals surface area contributed by atoms with Gasteiger partial charge in [-0.1, -0.05) is 19.1 Å². The Hall–Kier alpha value is -1.61. The molecular formula is C15H17NOS. The number of thiophene rings is 1. The third-order valence-electron chi connectivity index (χ3n) is 2.94. The minimum atomic E-state index is 0.197. The zero-order chi connectivity index (χ0) is 13.0. The van der Waals surface area contributed by atoms with E-state index >= 15 is 0 Å². The predicted molar refractivity (Wildman–Crippen MR) is 77.5 cm³/mol. The second-order valence-corrected chi connectivity index (χ2v) is 5.06. The molecule has 0 bridgehead atoms. The molecule has 3 heteroatoms. The van der Waals surface area contributed by atoms with Crippen LogP contribution in [0.4, 0.5) is 5.69 Å². The highest BCUT2D eigenvalue weighted by atomic mass is 32.1. The zero-order valence-electron chi connectivity index (χ0n) is 10.7. The smallest absolute Gasteiger partial charge is 0.164 e. The molecule has 0 aliphatic heterocycles. The summed E-state index contributed by atoms with van der Waals surface area (Å²) < 4.78 is 0. The van der Waals surface area contributed by atoms with E-state index in [-0.39, 0.29) is 5.78 Å². The summed E-state index contributed by atoms with van der Waals surface area (Å²) in [6, 6.07) is 9.93. The highest BCUT2D eigenvalue weighted by molar-refractivity contribution is 7.07. The van der Waals surface area contributed by atoms with E-state index in [2.05, 4.69) is 21.7 Å². The van der Waals surface area contributed by atoms with Gasteiger partial charge in [0.1, 0.15) is 0 Å². The second kappa shape index (κ2) is 5.83. The van der Waals surface area contributed by atoms with Gasteiger partial charge in [-0.3, -0.25) is 4.79 Å². The molecule has 1 aromatic carbocycles. The van der Waals surface area contributed by atoms with Gasteiger partial charge in [-0.25, -0.2) is 0 Å². The van der Waals surface area contributed by atoms with Crippen LogP contribution in [0.15, 0.2) is 41.1 Å². The van der Waals surface area contributed by atoms with Crippen molar-refractivity contribution in [3.8, 4) is 0 Å². The largest absolute Gasteiger partial charge is 0.370 e. The summed E-state index contributed by atoms with van der Waals surface area (Å²) in [4.78, 5) is 14.0. The van der Waals surface area contributed by atoms with Crippen molar-refractivity contribution in [2.24, 2.45) is 0 Å². The molecule has 0 saturated heterocycles. The molecule has 2 aromatic rings. The summed E-state index contributed by atoms with van der Waals surface area (Å²) in [5.74, 6) is 0.197. The van der Waals surface area contributed by atoms with Gasteiger partial charge in [-0.2, -0.15) is 11.3 Å². The standard InChI is InChI=1S/C15H17NOS/c1-3-15(17)13-6-4-5-7-14(13)16(2)10-12-8-9-18-11-12/h4-9,11H,3,10H2,1-2H3. The molecule has 18 heavy (non-hydrogen) atoms. The van der Waals surface area contributed by atoms with E-state index in [4.69, 9.17) is 0 Å². The molecule has 2 rings (SSSR count). The first-order valence-corrected chi connectivity index (χ1v) is 7.01. The third-order valence-corrected chi connectivity index (χ3v) is 3.67. The van der Waals surface area contributed by atoms with Crippen LogP contribution in [0.1, 0.15) is 29.3 Å². The Bertz CT molecular complexity index is 519. The topological polar surface area (TPSA) is 20.3 Å². The molecule has 0 fully saturated rings. The van der Waals surface area contributed by atoms with E-state index in [0.29, 0.717) is 6.42 Å². The highest BCUT2D eigenvalue weighted by Gasteiger charge is 2.12. The number of nitrogens with zero attached hydrogens (tertiary/aromatic N) is 1. The Morgan fingerprint density at radius 2 is 2.06 bits per heavy atom. The van der Waals surface area contributed by atoms with Gasteiger partial charge < -0.3 is 4.90 Å². The Morgan fingerprint density at radius 3 is 2.72 bits per heavy atom. The van der Waals surface area contributed by atoms with Gasteiger partial charge in [0.2, 0.25) is 0 Å². The summed E-state index contributed by atoms with van der Waals surface area (Å²) in [7, 11) is 2.03. The first kappa shape index (κ1) is 12.8. The maximum atomic E-state index is 11.9. The van der Waals surface area contributed by atoms with Crippen LogP contribution in [-0.2, 0) is 6.54 Å². The van der Waals surface area contributed by atoms with Crippen molar-refractivity contribution in [2.45, 2.75) is 19.9 Å². The van der Waals surface area contributed by atoms with Gasteiger partial charge in [0.05, 0.1) is 0 Å². The van der Waals surface area contributed by atoms with Crippen molar-refractivity contribution in [3.63, 3.8) is 0 Å². The van der Waals surface area contributed by atoms with Gasteiger partial charge in [-0.05, 0) is 34.5 Å². The van der Waals surface area contributed by atoms with Gasteiger partial charge in [-0.15, -0.1) is 0 Å². The molecule has 1 heterocycles. The molecular weight excluding hydrogens is 242 g/mol. The van der Waals surface area contributed by atoms with E-state index < -0.39 is 0 Å². The lowest BCUT2D eigenvalue weighted by Gasteiger charge is -2.21. The molecule has 0 spiro atoms. The maximum absolute atomic E-state index is 11.9. The minimum absolute atomic E-state index is 0.197. The SMILES string of the molecule is CCC(=O)c1ccccc1N(C)Cc1ccsc1. The van der Waals surface area contributed by atoms with Crippen molar-refractivity contribution < 1.29 is 4.79 Å².